The Morgan fingerprint density at radius 2 is 1.64 bits per heavy atom. The number of anilines is 2. The van der Waals surface area contributed by atoms with Crippen LogP contribution in [0.5, 0.6) is 0 Å². The van der Waals surface area contributed by atoms with Gasteiger partial charge in [0.05, 0.1) is 0 Å². The Labute approximate surface area is 167 Å². The predicted molar refractivity (Wildman–Crippen MR) is 115 cm³/mol. The van der Waals surface area contributed by atoms with Crippen LogP contribution in [-0.4, -0.2) is 62.0 Å². The standard InChI is InChI=1S/C23H30N4O/c1-25-14-16-27(17-15-25)22-8-6-21(7-9-22)24-23(28)11-13-26-12-10-19-4-2-3-5-20(19)18-26/h2-9H,10-18H2,1H3,(H,24,28). The summed E-state index contributed by atoms with van der Waals surface area (Å²) in [5.74, 6) is 0.0891. The van der Waals surface area contributed by atoms with Gasteiger partial charge in [-0.3, -0.25) is 9.69 Å². The summed E-state index contributed by atoms with van der Waals surface area (Å²) in [6.45, 7) is 7.09. The minimum Gasteiger partial charge on any atom is -0.369 e. The van der Waals surface area contributed by atoms with Gasteiger partial charge >= 0.3 is 0 Å². The van der Waals surface area contributed by atoms with Crippen molar-refractivity contribution < 1.29 is 4.79 Å². The molecule has 1 saturated heterocycles. The summed E-state index contributed by atoms with van der Waals surface area (Å²) in [7, 11) is 2.17. The van der Waals surface area contributed by atoms with Crippen molar-refractivity contribution in [1.82, 2.24) is 9.80 Å². The molecule has 5 heteroatoms. The first-order valence-corrected chi connectivity index (χ1v) is 10.3. The summed E-state index contributed by atoms with van der Waals surface area (Å²) in [6, 6.07) is 16.9. The van der Waals surface area contributed by atoms with E-state index in [1.807, 2.05) is 12.1 Å². The number of amides is 1. The van der Waals surface area contributed by atoms with E-state index in [4.69, 9.17) is 0 Å². The molecule has 0 bridgehead atoms. The summed E-state index contributed by atoms with van der Waals surface area (Å²) in [6.07, 6.45) is 1.61. The van der Waals surface area contributed by atoms with Crippen molar-refractivity contribution in [1.29, 1.82) is 0 Å². The van der Waals surface area contributed by atoms with Gasteiger partial charge < -0.3 is 15.1 Å². The highest BCUT2D eigenvalue weighted by Crippen LogP contribution is 2.20. The number of hydrogen-bond acceptors (Lipinski definition) is 4. The highest BCUT2D eigenvalue weighted by molar-refractivity contribution is 5.91. The molecule has 4 rings (SSSR count). The fourth-order valence-electron chi connectivity index (χ4n) is 4.05. The SMILES string of the molecule is CN1CCN(c2ccc(NC(=O)CCN3CCc4ccccc4C3)cc2)CC1. The first kappa shape index (κ1) is 19.0. The molecular formula is C23H30N4O. The van der Waals surface area contributed by atoms with Crippen molar-refractivity contribution in [3.05, 3.63) is 59.7 Å². The highest BCUT2D eigenvalue weighted by atomic mass is 16.1. The van der Waals surface area contributed by atoms with Crippen LogP contribution in [0.3, 0.4) is 0 Å². The Kier molecular flexibility index (Phi) is 5.93. The fourth-order valence-corrected chi connectivity index (χ4v) is 4.05. The number of carbonyl (C=O) groups excluding carboxylic acids is 1. The van der Waals surface area contributed by atoms with Crippen LogP contribution in [0, 0.1) is 0 Å². The average molecular weight is 379 g/mol. The molecule has 28 heavy (non-hydrogen) atoms. The zero-order valence-corrected chi connectivity index (χ0v) is 16.7. The number of nitrogens with one attached hydrogen (secondary N) is 1. The second-order valence-electron chi connectivity index (χ2n) is 7.93. The van der Waals surface area contributed by atoms with Gasteiger partial charge in [-0.05, 0) is 48.9 Å². The zero-order chi connectivity index (χ0) is 19.3. The van der Waals surface area contributed by atoms with Crippen LogP contribution < -0.4 is 10.2 Å². The van der Waals surface area contributed by atoms with Crippen LogP contribution in [0.2, 0.25) is 0 Å². The van der Waals surface area contributed by atoms with Crippen LogP contribution >= 0.6 is 0 Å². The zero-order valence-electron chi connectivity index (χ0n) is 16.7. The summed E-state index contributed by atoms with van der Waals surface area (Å²) >= 11 is 0. The number of likely N-dealkylation sites (N-methyl/N-ethyl adjacent to an activating group) is 1. The maximum atomic E-state index is 12.4. The molecule has 2 aliphatic heterocycles. The lowest BCUT2D eigenvalue weighted by atomic mass is 10.00. The topological polar surface area (TPSA) is 38.8 Å². The third-order valence-corrected chi connectivity index (χ3v) is 5.88. The van der Waals surface area contributed by atoms with E-state index in [1.165, 1.54) is 16.8 Å². The Morgan fingerprint density at radius 1 is 0.929 bits per heavy atom. The molecule has 1 fully saturated rings. The van der Waals surface area contributed by atoms with Gasteiger partial charge in [0, 0.05) is 63.6 Å². The molecule has 2 aliphatic rings. The number of piperazine rings is 1. The van der Waals surface area contributed by atoms with E-state index >= 15 is 0 Å². The lowest BCUT2D eigenvalue weighted by molar-refractivity contribution is -0.116. The van der Waals surface area contributed by atoms with Gasteiger partial charge in [0.1, 0.15) is 0 Å². The molecule has 0 aliphatic carbocycles. The molecule has 0 radical (unpaired) electrons. The van der Waals surface area contributed by atoms with Crippen molar-refractivity contribution in [3.63, 3.8) is 0 Å². The number of carbonyl (C=O) groups is 1. The maximum Gasteiger partial charge on any atom is 0.225 e. The molecule has 1 amide bonds. The lowest BCUT2D eigenvalue weighted by Crippen LogP contribution is -2.44. The second kappa shape index (κ2) is 8.76. The molecule has 0 atom stereocenters. The molecular weight excluding hydrogens is 348 g/mol. The lowest BCUT2D eigenvalue weighted by Gasteiger charge is -2.34. The third-order valence-electron chi connectivity index (χ3n) is 5.88. The Bertz CT molecular complexity index is 797. The van der Waals surface area contributed by atoms with E-state index in [0.717, 1.165) is 57.9 Å². The second-order valence-corrected chi connectivity index (χ2v) is 7.93. The summed E-state index contributed by atoms with van der Waals surface area (Å²) in [5, 5.41) is 3.05. The quantitative estimate of drug-likeness (QED) is 0.868. The molecule has 148 valence electrons. The molecule has 2 aromatic carbocycles. The van der Waals surface area contributed by atoms with E-state index < -0.39 is 0 Å². The van der Waals surface area contributed by atoms with Gasteiger partial charge in [0.15, 0.2) is 0 Å². The third kappa shape index (κ3) is 4.72. The highest BCUT2D eigenvalue weighted by Gasteiger charge is 2.17. The smallest absolute Gasteiger partial charge is 0.225 e. The number of hydrogen-bond donors (Lipinski definition) is 1. The molecule has 0 spiro atoms. The van der Waals surface area contributed by atoms with Crippen LogP contribution in [0.25, 0.3) is 0 Å². The normalized spacial score (nSPS) is 18.0. The van der Waals surface area contributed by atoms with Crippen LogP contribution in [-0.2, 0) is 17.8 Å². The van der Waals surface area contributed by atoms with Gasteiger partial charge in [-0.1, -0.05) is 24.3 Å². The molecule has 2 aromatic rings. The van der Waals surface area contributed by atoms with E-state index in [0.29, 0.717) is 6.42 Å². The van der Waals surface area contributed by atoms with Gasteiger partial charge in [-0.15, -0.1) is 0 Å². The van der Waals surface area contributed by atoms with Crippen LogP contribution in [0.4, 0.5) is 11.4 Å². The minimum atomic E-state index is 0.0891. The van der Waals surface area contributed by atoms with E-state index in [1.54, 1.807) is 0 Å². The first-order valence-electron chi connectivity index (χ1n) is 10.3. The van der Waals surface area contributed by atoms with E-state index in [2.05, 4.69) is 63.5 Å². The van der Waals surface area contributed by atoms with E-state index in [-0.39, 0.29) is 5.91 Å². The van der Waals surface area contributed by atoms with Crippen molar-refractivity contribution in [3.8, 4) is 0 Å². The first-order chi connectivity index (χ1) is 13.7. The van der Waals surface area contributed by atoms with Crippen LogP contribution in [0.15, 0.2) is 48.5 Å². The number of nitrogens with zero attached hydrogens (tertiary/aromatic N) is 3. The fraction of sp³-hybridized carbons (Fsp3) is 0.435. The van der Waals surface area contributed by atoms with Gasteiger partial charge in [0.25, 0.3) is 0 Å². The Hall–Kier alpha value is -2.37. The monoisotopic (exact) mass is 378 g/mol. The Balaban J connectivity index is 1.24. The summed E-state index contributed by atoms with van der Waals surface area (Å²) < 4.78 is 0. The summed E-state index contributed by atoms with van der Waals surface area (Å²) in [5.41, 5.74) is 4.96. The number of benzene rings is 2. The van der Waals surface area contributed by atoms with Gasteiger partial charge in [-0.2, -0.15) is 0 Å². The predicted octanol–water partition coefficient (Wildman–Crippen LogP) is 2.83. The number of rotatable bonds is 5. The molecule has 0 saturated carbocycles. The number of fused-ring (bicyclic) bond motifs is 1. The van der Waals surface area contributed by atoms with E-state index in [9.17, 15) is 4.79 Å². The minimum absolute atomic E-state index is 0.0891. The molecule has 0 aromatic heterocycles. The summed E-state index contributed by atoms with van der Waals surface area (Å²) in [4.78, 5) is 19.5. The maximum absolute atomic E-state index is 12.4. The Morgan fingerprint density at radius 3 is 2.39 bits per heavy atom. The molecule has 2 heterocycles. The largest absolute Gasteiger partial charge is 0.369 e. The van der Waals surface area contributed by atoms with Crippen molar-refractivity contribution in [2.45, 2.75) is 19.4 Å². The van der Waals surface area contributed by atoms with Gasteiger partial charge in [-0.25, -0.2) is 0 Å². The van der Waals surface area contributed by atoms with Crippen molar-refractivity contribution >= 4 is 17.3 Å². The molecule has 0 unspecified atom stereocenters. The van der Waals surface area contributed by atoms with Crippen molar-refractivity contribution in [2.24, 2.45) is 0 Å². The molecule has 1 N–H and O–H groups in total. The van der Waals surface area contributed by atoms with Crippen molar-refractivity contribution in [2.75, 3.05) is 56.5 Å². The average Bonchev–Trinajstić information content (AvgIpc) is 2.73. The van der Waals surface area contributed by atoms with Gasteiger partial charge in [0.2, 0.25) is 5.91 Å². The molecule has 5 nitrogen and oxygen atoms in total. The van der Waals surface area contributed by atoms with Crippen LogP contribution in [0.1, 0.15) is 17.5 Å².